The number of hydrogen-bond donors (Lipinski definition) is 2. The number of hydrogen-bond acceptors (Lipinski definition) is 2. The van der Waals surface area contributed by atoms with Gasteiger partial charge in [-0.15, -0.1) is 0 Å². The van der Waals surface area contributed by atoms with Gasteiger partial charge in [-0.3, -0.25) is 0 Å². The molecule has 19 heavy (non-hydrogen) atoms. The highest BCUT2D eigenvalue weighted by atomic mass is 35.5. The number of halogens is 1. The van der Waals surface area contributed by atoms with Gasteiger partial charge in [-0.2, -0.15) is 0 Å². The fraction of sp³-hybridized carbons (Fsp3) is 0.500. The van der Waals surface area contributed by atoms with Gasteiger partial charge in [0.05, 0.1) is 0 Å². The minimum absolute atomic E-state index is 0.282. The molecule has 1 rings (SSSR count). The Bertz CT molecular complexity index is 443. The van der Waals surface area contributed by atoms with E-state index in [0.717, 1.165) is 5.56 Å². The standard InChI is InChI=1S/C14H21ClN2O2/c1-14(2,3)17(13(18)19)9-11(16)8-10-6-4-5-7-12(10)15/h4-7,11H,8-9,16H2,1-3H3,(H,18,19)/t11-/m0/s1. The smallest absolute Gasteiger partial charge is 0.407 e. The third-order valence-corrected chi connectivity index (χ3v) is 3.27. The first-order valence-electron chi connectivity index (χ1n) is 6.21. The summed E-state index contributed by atoms with van der Waals surface area (Å²) >= 11 is 6.07. The fourth-order valence-corrected chi connectivity index (χ4v) is 2.10. The number of rotatable bonds is 4. The van der Waals surface area contributed by atoms with Crippen molar-refractivity contribution in [3.63, 3.8) is 0 Å². The average Bonchev–Trinajstić information content (AvgIpc) is 2.27. The lowest BCUT2D eigenvalue weighted by Crippen LogP contribution is -2.50. The minimum atomic E-state index is -0.956. The first-order chi connectivity index (χ1) is 8.71. The van der Waals surface area contributed by atoms with Gasteiger partial charge < -0.3 is 15.7 Å². The number of nitrogens with zero attached hydrogens (tertiary/aromatic N) is 1. The van der Waals surface area contributed by atoms with Crippen LogP contribution < -0.4 is 5.73 Å². The molecule has 0 saturated carbocycles. The molecule has 0 aliphatic rings. The van der Waals surface area contributed by atoms with Crippen LogP contribution in [0.5, 0.6) is 0 Å². The first-order valence-corrected chi connectivity index (χ1v) is 6.59. The van der Waals surface area contributed by atoms with Crippen LogP contribution >= 0.6 is 11.6 Å². The molecule has 1 atom stereocenters. The van der Waals surface area contributed by atoms with Crippen molar-refractivity contribution in [2.75, 3.05) is 6.54 Å². The zero-order valence-electron chi connectivity index (χ0n) is 11.6. The molecule has 4 nitrogen and oxygen atoms in total. The second-order valence-corrected chi connectivity index (χ2v) is 6.03. The predicted octanol–water partition coefficient (Wildman–Crippen LogP) is 2.99. The van der Waals surface area contributed by atoms with Crippen LogP contribution in [0, 0.1) is 0 Å². The molecular formula is C14H21ClN2O2. The maximum atomic E-state index is 11.2. The molecule has 0 fully saturated rings. The first kappa shape index (κ1) is 15.8. The highest BCUT2D eigenvalue weighted by molar-refractivity contribution is 6.31. The van der Waals surface area contributed by atoms with Gasteiger partial charge in [0.1, 0.15) is 0 Å². The van der Waals surface area contributed by atoms with E-state index in [1.54, 1.807) is 0 Å². The second kappa shape index (κ2) is 6.26. The molecule has 0 spiro atoms. The molecule has 1 amide bonds. The molecule has 3 N–H and O–H groups in total. The zero-order valence-corrected chi connectivity index (χ0v) is 12.3. The number of nitrogens with two attached hydrogens (primary N) is 1. The molecule has 1 aromatic carbocycles. The van der Waals surface area contributed by atoms with Crippen molar-refractivity contribution in [3.8, 4) is 0 Å². The largest absolute Gasteiger partial charge is 0.465 e. The van der Waals surface area contributed by atoms with Gasteiger partial charge in [0.25, 0.3) is 0 Å². The van der Waals surface area contributed by atoms with Crippen LogP contribution in [-0.4, -0.2) is 34.2 Å². The molecule has 0 radical (unpaired) electrons. The van der Waals surface area contributed by atoms with E-state index in [1.807, 2.05) is 45.0 Å². The summed E-state index contributed by atoms with van der Waals surface area (Å²) in [5, 5.41) is 9.89. The Morgan fingerprint density at radius 3 is 2.47 bits per heavy atom. The van der Waals surface area contributed by atoms with Gasteiger partial charge in [-0.05, 0) is 38.8 Å². The van der Waals surface area contributed by atoms with E-state index in [1.165, 1.54) is 4.90 Å². The summed E-state index contributed by atoms with van der Waals surface area (Å²) in [6, 6.07) is 7.19. The molecular weight excluding hydrogens is 264 g/mol. The van der Waals surface area contributed by atoms with E-state index in [2.05, 4.69) is 0 Å². The van der Waals surface area contributed by atoms with Gasteiger partial charge in [0.2, 0.25) is 0 Å². The van der Waals surface area contributed by atoms with E-state index in [4.69, 9.17) is 17.3 Å². The lowest BCUT2D eigenvalue weighted by atomic mass is 10.0. The molecule has 0 saturated heterocycles. The maximum Gasteiger partial charge on any atom is 0.407 e. The topological polar surface area (TPSA) is 66.6 Å². The van der Waals surface area contributed by atoms with Crippen LogP contribution in [0.3, 0.4) is 0 Å². The van der Waals surface area contributed by atoms with Crippen molar-refractivity contribution in [1.82, 2.24) is 4.90 Å². The molecule has 5 heteroatoms. The quantitative estimate of drug-likeness (QED) is 0.893. The normalized spacial score (nSPS) is 13.1. The monoisotopic (exact) mass is 284 g/mol. The summed E-state index contributed by atoms with van der Waals surface area (Å²) in [6.07, 6.45) is -0.401. The molecule has 0 unspecified atom stereocenters. The van der Waals surface area contributed by atoms with Crippen molar-refractivity contribution < 1.29 is 9.90 Å². The number of carbonyl (C=O) groups is 1. The van der Waals surface area contributed by atoms with E-state index in [-0.39, 0.29) is 12.6 Å². The van der Waals surface area contributed by atoms with Crippen LogP contribution in [0.25, 0.3) is 0 Å². The lowest BCUT2D eigenvalue weighted by Gasteiger charge is -2.35. The molecule has 0 heterocycles. The molecule has 0 aromatic heterocycles. The Kier molecular flexibility index (Phi) is 5.20. The average molecular weight is 285 g/mol. The summed E-state index contributed by atoms with van der Waals surface area (Å²) in [5.41, 5.74) is 6.52. The molecule has 0 bridgehead atoms. The maximum absolute atomic E-state index is 11.2. The van der Waals surface area contributed by atoms with Crippen molar-refractivity contribution in [2.45, 2.75) is 38.8 Å². The zero-order chi connectivity index (χ0) is 14.6. The van der Waals surface area contributed by atoms with E-state index >= 15 is 0 Å². The third kappa shape index (κ3) is 4.73. The van der Waals surface area contributed by atoms with Crippen molar-refractivity contribution in [3.05, 3.63) is 34.9 Å². The SMILES string of the molecule is CC(C)(C)N(C[C@@H](N)Cc1ccccc1Cl)C(=O)O. The fourth-order valence-electron chi connectivity index (χ4n) is 1.88. The molecule has 1 aromatic rings. The van der Waals surface area contributed by atoms with Crippen molar-refractivity contribution in [1.29, 1.82) is 0 Å². The lowest BCUT2D eigenvalue weighted by molar-refractivity contribution is 0.0960. The molecule has 0 aliphatic carbocycles. The Morgan fingerprint density at radius 2 is 2.00 bits per heavy atom. The molecule has 0 aliphatic heterocycles. The predicted molar refractivity (Wildman–Crippen MR) is 77.6 cm³/mol. The van der Waals surface area contributed by atoms with Crippen LogP contribution in [0.4, 0.5) is 4.79 Å². The van der Waals surface area contributed by atoms with Crippen LogP contribution in [0.2, 0.25) is 5.02 Å². The number of carboxylic acid groups (broad SMARTS) is 1. The van der Waals surface area contributed by atoms with Crippen LogP contribution in [-0.2, 0) is 6.42 Å². The number of benzene rings is 1. The van der Waals surface area contributed by atoms with Crippen LogP contribution in [0.15, 0.2) is 24.3 Å². The molecule has 106 valence electrons. The Labute approximate surface area is 119 Å². The van der Waals surface area contributed by atoms with Gasteiger partial charge >= 0.3 is 6.09 Å². The summed E-state index contributed by atoms with van der Waals surface area (Å²) in [5.74, 6) is 0. The second-order valence-electron chi connectivity index (χ2n) is 5.62. The van der Waals surface area contributed by atoms with Gasteiger partial charge in [-0.1, -0.05) is 29.8 Å². The summed E-state index contributed by atoms with van der Waals surface area (Å²) in [7, 11) is 0. The number of amides is 1. The van der Waals surface area contributed by atoms with E-state index in [9.17, 15) is 9.90 Å². The summed E-state index contributed by atoms with van der Waals surface area (Å²) in [6.45, 7) is 5.83. The Hall–Kier alpha value is -1.26. The summed E-state index contributed by atoms with van der Waals surface area (Å²) in [4.78, 5) is 12.6. The van der Waals surface area contributed by atoms with Crippen molar-refractivity contribution >= 4 is 17.7 Å². The van der Waals surface area contributed by atoms with E-state index < -0.39 is 11.6 Å². The van der Waals surface area contributed by atoms with Gasteiger partial charge in [0, 0.05) is 23.1 Å². The van der Waals surface area contributed by atoms with Crippen molar-refractivity contribution in [2.24, 2.45) is 5.73 Å². The van der Waals surface area contributed by atoms with Crippen LogP contribution in [0.1, 0.15) is 26.3 Å². The highest BCUT2D eigenvalue weighted by Crippen LogP contribution is 2.18. The third-order valence-electron chi connectivity index (χ3n) is 2.90. The van der Waals surface area contributed by atoms with Gasteiger partial charge in [0.15, 0.2) is 0 Å². The van der Waals surface area contributed by atoms with E-state index in [0.29, 0.717) is 11.4 Å². The Morgan fingerprint density at radius 1 is 1.42 bits per heavy atom. The minimum Gasteiger partial charge on any atom is -0.465 e. The Balaban J connectivity index is 2.71. The highest BCUT2D eigenvalue weighted by Gasteiger charge is 2.27. The summed E-state index contributed by atoms with van der Waals surface area (Å²) < 4.78 is 0. The van der Waals surface area contributed by atoms with Gasteiger partial charge in [-0.25, -0.2) is 4.79 Å².